The topological polar surface area (TPSA) is 109 Å². The first-order valence-corrected chi connectivity index (χ1v) is 8.65. The molecule has 2 fully saturated rings. The van der Waals surface area contributed by atoms with Crippen molar-refractivity contribution in [2.24, 2.45) is 11.1 Å². The predicted molar refractivity (Wildman–Crippen MR) is 76.6 cm³/mol. The zero-order valence-electron chi connectivity index (χ0n) is 10.3. The summed E-state index contributed by atoms with van der Waals surface area (Å²) < 4.78 is 4.63. The third-order valence-electron chi connectivity index (χ3n) is 3.45. The number of β-lactam (4-membered cyclic amide) rings is 1. The van der Waals surface area contributed by atoms with E-state index in [1.54, 1.807) is 4.90 Å². The summed E-state index contributed by atoms with van der Waals surface area (Å²) in [5.41, 5.74) is 4.76. The molecule has 2 aliphatic heterocycles. The lowest BCUT2D eigenvalue weighted by Gasteiger charge is -2.52. The molecule has 0 aromatic carbocycles. The van der Waals surface area contributed by atoms with Crippen LogP contribution < -0.4 is 5.73 Å². The summed E-state index contributed by atoms with van der Waals surface area (Å²) >= 11 is 4.06. The van der Waals surface area contributed by atoms with Crippen molar-refractivity contribution in [2.45, 2.75) is 15.8 Å². The van der Waals surface area contributed by atoms with Gasteiger partial charge in [0.15, 0.2) is 4.34 Å². The van der Waals surface area contributed by atoms with Crippen LogP contribution in [0.25, 0.3) is 0 Å². The van der Waals surface area contributed by atoms with Crippen LogP contribution in [-0.2, 0) is 9.59 Å². The van der Waals surface area contributed by atoms with Crippen LogP contribution in [0.15, 0.2) is 10.7 Å². The standard InChI is InChI=1S/C10H12N4O3S3/c11-5-6(15)14-1-10(8(16)17,2-18-7(5)14)3-19-9-12-4-13-20-9/h4-5,7H,1-3,11H2,(H,16,17)/t5?,7-,10?/m1/s1. The molecule has 3 N–H and O–H groups in total. The Kier molecular flexibility index (Phi) is 3.65. The van der Waals surface area contributed by atoms with Crippen molar-refractivity contribution >= 4 is 46.9 Å². The highest BCUT2D eigenvalue weighted by molar-refractivity contribution is 8.01. The Bertz CT molecular complexity index is 540. The van der Waals surface area contributed by atoms with E-state index >= 15 is 0 Å². The third kappa shape index (κ3) is 2.20. The van der Waals surface area contributed by atoms with Gasteiger partial charge in [-0.3, -0.25) is 9.59 Å². The minimum Gasteiger partial charge on any atom is -0.481 e. The summed E-state index contributed by atoms with van der Waals surface area (Å²) in [6.07, 6.45) is 1.45. The van der Waals surface area contributed by atoms with Crippen molar-refractivity contribution in [2.75, 3.05) is 18.1 Å². The zero-order chi connectivity index (χ0) is 14.3. The van der Waals surface area contributed by atoms with E-state index in [2.05, 4.69) is 9.36 Å². The van der Waals surface area contributed by atoms with Gasteiger partial charge >= 0.3 is 5.97 Å². The normalized spacial score (nSPS) is 32.6. The third-order valence-corrected chi connectivity index (χ3v) is 7.15. The van der Waals surface area contributed by atoms with E-state index in [9.17, 15) is 14.7 Å². The zero-order valence-corrected chi connectivity index (χ0v) is 12.7. The number of hydrogen-bond donors (Lipinski definition) is 2. The number of carbonyl (C=O) groups is 2. The number of amides is 1. The lowest BCUT2D eigenvalue weighted by atomic mass is 9.89. The van der Waals surface area contributed by atoms with Crippen molar-refractivity contribution in [1.29, 1.82) is 0 Å². The molecule has 10 heteroatoms. The van der Waals surface area contributed by atoms with Crippen LogP contribution in [0.1, 0.15) is 0 Å². The summed E-state index contributed by atoms with van der Waals surface area (Å²) in [5, 5.41) is 9.50. The molecule has 0 saturated carbocycles. The maximum atomic E-state index is 11.7. The van der Waals surface area contributed by atoms with Gasteiger partial charge in [0.05, 0.1) is 0 Å². The fourth-order valence-electron chi connectivity index (χ4n) is 2.23. The van der Waals surface area contributed by atoms with Gasteiger partial charge in [-0.15, -0.1) is 11.8 Å². The molecular weight excluding hydrogens is 320 g/mol. The quantitative estimate of drug-likeness (QED) is 0.583. The Balaban J connectivity index is 1.72. The predicted octanol–water partition coefficient (Wildman–Crippen LogP) is -0.0564. The van der Waals surface area contributed by atoms with E-state index in [0.29, 0.717) is 11.5 Å². The van der Waals surface area contributed by atoms with Gasteiger partial charge in [0.25, 0.3) is 0 Å². The number of rotatable bonds is 4. The number of hydrogen-bond acceptors (Lipinski definition) is 8. The second-order valence-corrected chi connectivity index (χ2v) is 7.88. The van der Waals surface area contributed by atoms with Crippen molar-refractivity contribution in [3.8, 4) is 0 Å². The van der Waals surface area contributed by atoms with Crippen LogP contribution in [-0.4, -0.2) is 60.7 Å². The maximum absolute atomic E-state index is 11.7. The van der Waals surface area contributed by atoms with Gasteiger partial charge in [0, 0.05) is 18.1 Å². The molecule has 0 aliphatic carbocycles. The first kappa shape index (κ1) is 14.1. The van der Waals surface area contributed by atoms with Crippen molar-refractivity contribution < 1.29 is 14.7 Å². The summed E-state index contributed by atoms with van der Waals surface area (Å²) in [4.78, 5) is 29.0. The SMILES string of the molecule is NC1C(=O)N2CC(CSc3ncns3)(C(=O)O)CS[C@H]12. The van der Waals surface area contributed by atoms with Gasteiger partial charge in [0.2, 0.25) is 5.91 Å². The largest absolute Gasteiger partial charge is 0.481 e. The highest BCUT2D eigenvalue weighted by atomic mass is 32.2. The van der Waals surface area contributed by atoms with Crippen molar-refractivity contribution in [1.82, 2.24) is 14.3 Å². The molecule has 3 atom stereocenters. The van der Waals surface area contributed by atoms with Crippen LogP contribution in [0.4, 0.5) is 0 Å². The number of carbonyl (C=O) groups excluding carboxylic acids is 1. The van der Waals surface area contributed by atoms with Gasteiger partial charge in [-0.2, -0.15) is 4.37 Å². The highest BCUT2D eigenvalue weighted by Gasteiger charge is 2.55. The Morgan fingerprint density at radius 2 is 2.50 bits per heavy atom. The van der Waals surface area contributed by atoms with Gasteiger partial charge in [-0.05, 0) is 11.5 Å². The van der Waals surface area contributed by atoms with Crippen LogP contribution >= 0.6 is 35.1 Å². The number of carboxylic acids is 1. The Morgan fingerprint density at radius 3 is 3.15 bits per heavy atom. The molecule has 0 bridgehead atoms. The van der Waals surface area contributed by atoms with Crippen LogP contribution in [0.5, 0.6) is 0 Å². The molecule has 0 spiro atoms. The summed E-state index contributed by atoms with van der Waals surface area (Å²) in [6.45, 7) is 0.221. The fraction of sp³-hybridized carbons (Fsp3) is 0.600. The Hall–Kier alpha value is -0.840. The van der Waals surface area contributed by atoms with Crippen LogP contribution in [0.3, 0.4) is 0 Å². The second-order valence-electron chi connectivity index (χ2n) is 4.77. The maximum Gasteiger partial charge on any atom is 0.313 e. The molecule has 0 radical (unpaired) electrons. The first-order chi connectivity index (χ1) is 9.53. The first-order valence-electron chi connectivity index (χ1n) is 5.84. The van der Waals surface area contributed by atoms with Gasteiger partial charge in [-0.25, -0.2) is 4.98 Å². The van der Waals surface area contributed by atoms with E-state index in [0.717, 1.165) is 4.34 Å². The van der Waals surface area contributed by atoms with Crippen molar-refractivity contribution in [3.63, 3.8) is 0 Å². The van der Waals surface area contributed by atoms with Gasteiger partial charge in [0.1, 0.15) is 23.2 Å². The van der Waals surface area contributed by atoms with E-state index in [4.69, 9.17) is 5.73 Å². The highest BCUT2D eigenvalue weighted by Crippen LogP contribution is 2.43. The lowest BCUT2D eigenvalue weighted by molar-refractivity contribution is -0.155. The molecule has 7 nitrogen and oxygen atoms in total. The Morgan fingerprint density at radius 1 is 1.70 bits per heavy atom. The summed E-state index contributed by atoms with van der Waals surface area (Å²) in [5.74, 6) is -0.213. The molecule has 1 amide bonds. The molecule has 1 aromatic rings. The average Bonchev–Trinajstić information content (AvgIpc) is 2.97. The van der Waals surface area contributed by atoms with Gasteiger partial charge in [-0.1, -0.05) is 11.8 Å². The number of carboxylic acid groups (broad SMARTS) is 1. The molecule has 108 valence electrons. The molecule has 3 rings (SSSR count). The van der Waals surface area contributed by atoms with Crippen LogP contribution in [0.2, 0.25) is 0 Å². The molecule has 2 aliphatic rings. The molecule has 20 heavy (non-hydrogen) atoms. The minimum atomic E-state index is -0.951. The average molecular weight is 332 g/mol. The van der Waals surface area contributed by atoms with Gasteiger partial charge < -0.3 is 15.7 Å². The smallest absolute Gasteiger partial charge is 0.313 e. The number of nitrogens with zero attached hydrogens (tertiary/aromatic N) is 3. The molecule has 1 aromatic heterocycles. The van der Waals surface area contributed by atoms with Crippen molar-refractivity contribution in [3.05, 3.63) is 6.33 Å². The summed E-state index contributed by atoms with van der Waals surface area (Å²) in [6, 6.07) is -0.484. The number of nitrogens with two attached hydrogens (primary N) is 1. The second kappa shape index (κ2) is 5.17. The fourth-order valence-corrected chi connectivity index (χ4v) is 5.49. The molecule has 3 heterocycles. The number of aliphatic carboxylic acids is 1. The van der Waals surface area contributed by atoms with E-state index in [1.807, 2.05) is 0 Å². The molecular formula is C10H12N4O3S3. The molecule has 2 saturated heterocycles. The number of thioether (sulfide) groups is 2. The summed E-state index contributed by atoms with van der Waals surface area (Å²) in [7, 11) is 0. The minimum absolute atomic E-state index is 0.0681. The molecule has 2 unspecified atom stereocenters. The van der Waals surface area contributed by atoms with E-state index in [-0.39, 0.29) is 17.8 Å². The lowest BCUT2D eigenvalue weighted by Crippen LogP contribution is -2.72. The van der Waals surface area contributed by atoms with Crippen LogP contribution in [0, 0.1) is 5.41 Å². The van der Waals surface area contributed by atoms with E-state index < -0.39 is 17.4 Å². The number of aromatic nitrogens is 2. The monoisotopic (exact) mass is 332 g/mol. The van der Waals surface area contributed by atoms with E-state index in [1.165, 1.54) is 41.4 Å². The number of fused-ring (bicyclic) bond motifs is 1. The Labute approximate surface area is 127 Å².